The van der Waals surface area contributed by atoms with Crippen LogP contribution in [-0.4, -0.2) is 52.6 Å². The summed E-state index contributed by atoms with van der Waals surface area (Å²) >= 11 is 0. The first-order valence-corrected chi connectivity index (χ1v) is 13.1. The Morgan fingerprint density at radius 2 is 1.79 bits per heavy atom. The minimum Gasteiger partial charge on any atom is -0.508 e. The summed E-state index contributed by atoms with van der Waals surface area (Å²) in [4.78, 5) is 41.7. The molecule has 8 heteroatoms. The van der Waals surface area contributed by atoms with Crippen molar-refractivity contribution in [2.75, 3.05) is 13.1 Å². The van der Waals surface area contributed by atoms with E-state index in [0.717, 1.165) is 24.8 Å². The molecule has 2 atom stereocenters. The zero-order valence-corrected chi connectivity index (χ0v) is 22.9. The molecule has 0 aliphatic heterocycles. The summed E-state index contributed by atoms with van der Waals surface area (Å²) in [6.07, 6.45) is 3.77. The first-order chi connectivity index (χ1) is 18.1. The van der Waals surface area contributed by atoms with Crippen molar-refractivity contribution in [1.82, 2.24) is 15.5 Å². The minimum absolute atomic E-state index is 0.0231. The van der Waals surface area contributed by atoms with Crippen LogP contribution in [0.2, 0.25) is 0 Å². The highest BCUT2D eigenvalue weighted by Gasteiger charge is 2.36. The number of benzene rings is 2. The van der Waals surface area contributed by atoms with E-state index in [-0.39, 0.29) is 24.6 Å². The standard InChI is InChI=1S/C30H41N3O5/c1-6-8-12-18-31-27(35)26(23-16-13-17-24(34)21-23)33(19-7-2)28(36)25(20-22-14-10-9-11-15-22)32-29(37)38-30(3,4)5/h7,9-11,13-17,21,25-26,34H,2,6,8,12,18-20H2,1,3-5H3,(H,31,35)(H,32,37). The van der Waals surface area contributed by atoms with E-state index in [4.69, 9.17) is 4.74 Å². The van der Waals surface area contributed by atoms with Gasteiger partial charge >= 0.3 is 6.09 Å². The fourth-order valence-electron chi connectivity index (χ4n) is 4.01. The summed E-state index contributed by atoms with van der Waals surface area (Å²) in [5.41, 5.74) is 0.524. The SMILES string of the molecule is C=CCN(C(=O)C(Cc1ccccc1)NC(=O)OC(C)(C)C)C(C(=O)NCCCCC)c1cccc(O)c1. The second-order valence-electron chi connectivity index (χ2n) is 10.2. The van der Waals surface area contributed by atoms with Crippen molar-refractivity contribution in [3.05, 3.63) is 78.4 Å². The first-order valence-electron chi connectivity index (χ1n) is 13.1. The summed E-state index contributed by atoms with van der Waals surface area (Å²) < 4.78 is 5.43. The van der Waals surface area contributed by atoms with Crippen molar-refractivity contribution in [2.45, 2.75) is 71.1 Å². The molecule has 3 amide bonds. The third-order valence-corrected chi connectivity index (χ3v) is 5.71. The zero-order valence-electron chi connectivity index (χ0n) is 22.9. The van der Waals surface area contributed by atoms with Crippen molar-refractivity contribution in [3.63, 3.8) is 0 Å². The molecule has 0 saturated heterocycles. The maximum absolute atomic E-state index is 14.1. The maximum atomic E-state index is 14.1. The Morgan fingerprint density at radius 1 is 1.08 bits per heavy atom. The average Bonchev–Trinajstić information content (AvgIpc) is 2.85. The Morgan fingerprint density at radius 3 is 2.39 bits per heavy atom. The molecule has 0 aliphatic rings. The fourth-order valence-corrected chi connectivity index (χ4v) is 4.01. The molecule has 2 unspecified atom stereocenters. The molecule has 0 fully saturated rings. The van der Waals surface area contributed by atoms with Crippen LogP contribution in [0.15, 0.2) is 67.3 Å². The molecule has 206 valence electrons. The van der Waals surface area contributed by atoms with Gasteiger partial charge in [-0.1, -0.05) is 68.3 Å². The van der Waals surface area contributed by atoms with Crippen LogP contribution in [0.5, 0.6) is 5.75 Å². The zero-order chi connectivity index (χ0) is 28.1. The number of alkyl carbamates (subject to hydrolysis) is 1. The molecule has 0 aliphatic carbocycles. The number of phenols is 1. The number of ether oxygens (including phenoxy) is 1. The lowest BCUT2D eigenvalue weighted by atomic mass is 10.00. The van der Waals surface area contributed by atoms with Crippen LogP contribution in [0.25, 0.3) is 0 Å². The number of phenolic OH excluding ortho intramolecular Hbond substituents is 1. The van der Waals surface area contributed by atoms with Crippen molar-refractivity contribution >= 4 is 17.9 Å². The summed E-state index contributed by atoms with van der Waals surface area (Å²) in [7, 11) is 0. The van der Waals surface area contributed by atoms with Crippen molar-refractivity contribution in [1.29, 1.82) is 0 Å². The molecule has 0 bridgehead atoms. The number of aromatic hydroxyl groups is 1. The van der Waals surface area contributed by atoms with Gasteiger partial charge in [0.2, 0.25) is 11.8 Å². The van der Waals surface area contributed by atoms with Crippen LogP contribution in [0.1, 0.15) is 64.1 Å². The van der Waals surface area contributed by atoms with E-state index in [1.165, 1.54) is 23.1 Å². The van der Waals surface area contributed by atoms with Gasteiger partial charge in [-0.2, -0.15) is 0 Å². The monoisotopic (exact) mass is 523 g/mol. The summed E-state index contributed by atoms with van der Waals surface area (Å²) in [6.45, 7) is 11.6. The van der Waals surface area contributed by atoms with Gasteiger partial charge in [0.25, 0.3) is 0 Å². The third kappa shape index (κ3) is 9.92. The van der Waals surface area contributed by atoms with Gasteiger partial charge in [-0.25, -0.2) is 4.79 Å². The molecule has 3 N–H and O–H groups in total. The van der Waals surface area contributed by atoms with Gasteiger partial charge in [-0.3, -0.25) is 9.59 Å². The Balaban J connectivity index is 2.46. The number of amides is 3. The summed E-state index contributed by atoms with van der Waals surface area (Å²) in [5.74, 6) is -0.876. The van der Waals surface area contributed by atoms with Crippen molar-refractivity contribution < 1.29 is 24.2 Å². The van der Waals surface area contributed by atoms with Crippen molar-refractivity contribution in [2.24, 2.45) is 0 Å². The van der Waals surface area contributed by atoms with Crippen LogP contribution in [0, 0.1) is 0 Å². The number of unbranched alkanes of at least 4 members (excludes halogenated alkanes) is 2. The van der Waals surface area contributed by atoms with Gasteiger partial charge in [0.1, 0.15) is 23.4 Å². The van der Waals surface area contributed by atoms with E-state index in [0.29, 0.717) is 12.1 Å². The summed E-state index contributed by atoms with van der Waals surface area (Å²) in [6, 6.07) is 13.5. The second kappa shape index (κ2) is 14.8. The number of hydrogen-bond donors (Lipinski definition) is 3. The van der Waals surface area contributed by atoms with Gasteiger partial charge in [0.05, 0.1) is 0 Å². The molecule has 2 rings (SSSR count). The van der Waals surface area contributed by atoms with E-state index >= 15 is 0 Å². The lowest BCUT2D eigenvalue weighted by molar-refractivity contribution is -0.141. The number of carbonyl (C=O) groups excluding carboxylic acids is 3. The van der Waals surface area contributed by atoms with Gasteiger partial charge in [0.15, 0.2) is 0 Å². The van der Waals surface area contributed by atoms with Crippen LogP contribution in [0.3, 0.4) is 0 Å². The molecule has 2 aromatic rings. The van der Waals surface area contributed by atoms with E-state index in [2.05, 4.69) is 24.1 Å². The van der Waals surface area contributed by atoms with Crippen LogP contribution in [-0.2, 0) is 20.7 Å². The second-order valence-corrected chi connectivity index (χ2v) is 10.2. The van der Waals surface area contributed by atoms with Gasteiger partial charge < -0.3 is 25.4 Å². The quantitative estimate of drug-likeness (QED) is 0.256. The highest BCUT2D eigenvalue weighted by atomic mass is 16.6. The largest absolute Gasteiger partial charge is 0.508 e. The smallest absolute Gasteiger partial charge is 0.408 e. The van der Waals surface area contributed by atoms with Crippen LogP contribution < -0.4 is 10.6 Å². The first kappa shape index (κ1) is 30.4. The number of hydrogen-bond acceptors (Lipinski definition) is 5. The lowest BCUT2D eigenvalue weighted by Crippen LogP contribution is -2.54. The predicted molar refractivity (Wildman–Crippen MR) is 149 cm³/mol. The predicted octanol–water partition coefficient (Wildman–Crippen LogP) is 4.89. The topological polar surface area (TPSA) is 108 Å². The summed E-state index contributed by atoms with van der Waals surface area (Å²) in [5, 5.41) is 15.8. The third-order valence-electron chi connectivity index (χ3n) is 5.71. The van der Waals surface area contributed by atoms with Crippen molar-refractivity contribution in [3.8, 4) is 5.75 Å². The lowest BCUT2D eigenvalue weighted by Gasteiger charge is -2.34. The van der Waals surface area contributed by atoms with E-state index in [9.17, 15) is 19.5 Å². The van der Waals surface area contributed by atoms with Crippen LogP contribution >= 0.6 is 0 Å². The highest BCUT2D eigenvalue weighted by Crippen LogP contribution is 2.26. The maximum Gasteiger partial charge on any atom is 0.408 e. The highest BCUT2D eigenvalue weighted by molar-refractivity contribution is 5.92. The number of rotatable bonds is 13. The molecule has 8 nitrogen and oxygen atoms in total. The number of carbonyl (C=O) groups is 3. The molecular weight excluding hydrogens is 482 g/mol. The van der Waals surface area contributed by atoms with E-state index in [1.807, 2.05) is 30.3 Å². The molecule has 0 heterocycles. The Kier molecular flexibility index (Phi) is 11.9. The normalized spacial score (nSPS) is 12.6. The molecule has 2 aromatic carbocycles. The Labute approximate surface area is 226 Å². The van der Waals surface area contributed by atoms with Gasteiger partial charge in [-0.05, 0) is 50.5 Å². The molecule has 0 radical (unpaired) electrons. The minimum atomic E-state index is -1.05. The molecular formula is C30H41N3O5. The Bertz CT molecular complexity index is 1070. The average molecular weight is 524 g/mol. The van der Waals surface area contributed by atoms with Gasteiger partial charge in [0, 0.05) is 19.5 Å². The fraction of sp³-hybridized carbons (Fsp3) is 0.433. The molecule has 0 saturated carbocycles. The van der Waals surface area contributed by atoms with E-state index < -0.39 is 29.7 Å². The molecule has 38 heavy (non-hydrogen) atoms. The number of nitrogens with zero attached hydrogens (tertiary/aromatic N) is 1. The van der Waals surface area contributed by atoms with Crippen LogP contribution in [0.4, 0.5) is 4.79 Å². The van der Waals surface area contributed by atoms with Gasteiger partial charge in [-0.15, -0.1) is 6.58 Å². The molecule has 0 spiro atoms. The number of nitrogens with one attached hydrogen (secondary N) is 2. The molecule has 0 aromatic heterocycles. The Hall–Kier alpha value is -3.81. The van der Waals surface area contributed by atoms with E-state index in [1.54, 1.807) is 32.9 Å².